The zero-order chi connectivity index (χ0) is 19.8. The van der Waals surface area contributed by atoms with E-state index >= 15 is 0 Å². The van der Waals surface area contributed by atoms with Crippen molar-refractivity contribution in [2.45, 2.75) is 12.5 Å². The summed E-state index contributed by atoms with van der Waals surface area (Å²) in [6.07, 6.45) is 0. The molecular formula is C23H21ClN2O2. The van der Waals surface area contributed by atoms with Crippen LogP contribution in [0.15, 0.2) is 84.9 Å². The minimum Gasteiger partial charge on any atom is -0.347 e. The molecule has 0 aliphatic carbocycles. The van der Waals surface area contributed by atoms with E-state index in [1.165, 1.54) is 0 Å². The van der Waals surface area contributed by atoms with E-state index in [0.29, 0.717) is 11.6 Å². The summed E-state index contributed by atoms with van der Waals surface area (Å²) in [5, 5.41) is 6.01. The molecule has 3 aromatic rings. The largest absolute Gasteiger partial charge is 0.347 e. The molecule has 0 radical (unpaired) electrons. The van der Waals surface area contributed by atoms with Crippen LogP contribution in [0.3, 0.4) is 0 Å². The first-order valence-electron chi connectivity index (χ1n) is 9.04. The highest BCUT2D eigenvalue weighted by molar-refractivity contribution is 6.35. The predicted octanol–water partition coefficient (Wildman–Crippen LogP) is 3.90. The summed E-state index contributed by atoms with van der Waals surface area (Å²) in [5.41, 5.74) is 3.03. The molecule has 28 heavy (non-hydrogen) atoms. The van der Waals surface area contributed by atoms with Gasteiger partial charge in [0.25, 0.3) is 0 Å². The summed E-state index contributed by atoms with van der Waals surface area (Å²) in [6.45, 7) is 0.603. The van der Waals surface area contributed by atoms with Crippen LogP contribution in [0, 0.1) is 0 Å². The maximum atomic E-state index is 12.2. The van der Waals surface area contributed by atoms with Crippen LogP contribution in [-0.4, -0.2) is 18.4 Å². The van der Waals surface area contributed by atoms with Gasteiger partial charge in [0, 0.05) is 24.0 Å². The van der Waals surface area contributed by atoms with Gasteiger partial charge >= 0.3 is 11.8 Å². The molecule has 0 spiro atoms. The highest BCUT2D eigenvalue weighted by Gasteiger charge is 2.18. The van der Waals surface area contributed by atoms with Crippen molar-refractivity contribution in [3.05, 3.63) is 107 Å². The van der Waals surface area contributed by atoms with Crippen molar-refractivity contribution in [1.29, 1.82) is 0 Å². The van der Waals surface area contributed by atoms with Crippen molar-refractivity contribution >= 4 is 23.4 Å². The van der Waals surface area contributed by atoms with Crippen molar-refractivity contribution in [3.63, 3.8) is 0 Å². The highest BCUT2D eigenvalue weighted by Crippen LogP contribution is 2.23. The average molecular weight is 393 g/mol. The first-order valence-corrected chi connectivity index (χ1v) is 9.41. The quantitative estimate of drug-likeness (QED) is 0.625. The molecule has 2 amide bonds. The van der Waals surface area contributed by atoms with Gasteiger partial charge in [-0.3, -0.25) is 9.59 Å². The molecule has 0 fully saturated rings. The molecule has 3 aromatic carbocycles. The Bertz CT molecular complexity index is 873. The number of hydrogen-bond donors (Lipinski definition) is 2. The molecule has 0 aliphatic heterocycles. The SMILES string of the molecule is O=C(NCc1ccc(Cl)cc1)C(=O)NCC(c1ccccc1)c1ccccc1. The molecule has 0 unspecified atom stereocenters. The Kier molecular flexibility index (Phi) is 6.82. The van der Waals surface area contributed by atoms with E-state index in [4.69, 9.17) is 11.6 Å². The van der Waals surface area contributed by atoms with Crippen molar-refractivity contribution < 1.29 is 9.59 Å². The lowest BCUT2D eigenvalue weighted by Gasteiger charge is -2.18. The van der Waals surface area contributed by atoms with Crippen molar-refractivity contribution in [2.75, 3.05) is 6.54 Å². The fraction of sp³-hybridized carbons (Fsp3) is 0.130. The minimum atomic E-state index is -0.658. The molecule has 4 nitrogen and oxygen atoms in total. The zero-order valence-electron chi connectivity index (χ0n) is 15.3. The Morgan fingerprint density at radius 3 is 1.75 bits per heavy atom. The second-order valence-corrected chi connectivity index (χ2v) is 6.83. The monoisotopic (exact) mass is 392 g/mol. The maximum Gasteiger partial charge on any atom is 0.309 e. The fourth-order valence-corrected chi connectivity index (χ4v) is 3.06. The molecule has 3 rings (SSSR count). The van der Waals surface area contributed by atoms with Crippen LogP contribution in [-0.2, 0) is 16.1 Å². The van der Waals surface area contributed by atoms with Crippen LogP contribution in [0.2, 0.25) is 5.02 Å². The van der Waals surface area contributed by atoms with Crippen LogP contribution in [0.25, 0.3) is 0 Å². The molecule has 0 aliphatic rings. The summed E-state index contributed by atoms with van der Waals surface area (Å²) < 4.78 is 0. The number of amides is 2. The van der Waals surface area contributed by atoms with Gasteiger partial charge in [0.1, 0.15) is 0 Å². The van der Waals surface area contributed by atoms with E-state index in [2.05, 4.69) is 10.6 Å². The fourth-order valence-electron chi connectivity index (χ4n) is 2.94. The number of nitrogens with one attached hydrogen (secondary N) is 2. The molecule has 0 atom stereocenters. The summed E-state index contributed by atoms with van der Waals surface area (Å²) in [4.78, 5) is 24.4. The van der Waals surface area contributed by atoms with Gasteiger partial charge in [-0.15, -0.1) is 0 Å². The van der Waals surface area contributed by atoms with Gasteiger partial charge in [0.05, 0.1) is 0 Å². The second kappa shape index (κ2) is 9.72. The van der Waals surface area contributed by atoms with Gasteiger partial charge in [0.15, 0.2) is 0 Å². The van der Waals surface area contributed by atoms with Crippen molar-refractivity contribution in [1.82, 2.24) is 10.6 Å². The summed E-state index contributed by atoms with van der Waals surface area (Å²) in [6, 6.07) is 26.9. The van der Waals surface area contributed by atoms with E-state index in [0.717, 1.165) is 16.7 Å². The third-order valence-electron chi connectivity index (χ3n) is 4.44. The Labute approximate surface area is 169 Å². The Balaban J connectivity index is 1.60. The Morgan fingerprint density at radius 1 is 0.714 bits per heavy atom. The summed E-state index contributed by atoms with van der Waals surface area (Å²) in [5.74, 6) is -1.34. The molecule has 2 N–H and O–H groups in total. The number of halogens is 1. The molecule has 142 valence electrons. The highest BCUT2D eigenvalue weighted by atomic mass is 35.5. The number of rotatable bonds is 6. The van der Waals surface area contributed by atoms with Gasteiger partial charge in [-0.1, -0.05) is 84.4 Å². The normalized spacial score (nSPS) is 10.5. The molecule has 0 heterocycles. The van der Waals surface area contributed by atoms with Crippen LogP contribution >= 0.6 is 11.6 Å². The first kappa shape index (κ1) is 19.6. The Morgan fingerprint density at radius 2 is 1.21 bits per heavy atom. The average Bonchev–Trinajstić information content (AvgIpc) is 2.74. The van der Waals surface area contributed by atoms with Gasteiger partial charge in [-0.2, -0.15) is 0 Å². The number of carbonyl (C=O) groups excluding carboxylic acids is 2. The van der Waals surface area contributed by atoms with Crippen LogP contribution < -0.4 is 10.6 Å². The third kappa shape index (κ3) is 5.44. The Hall–Kier alpha value is -3.11. The van der Waals surface area contributed by atoms with Crippen LogP contribution in [0.4, 0.5) is 0 Å². The van der Waals surface area contributed by atoms with Crippen molar-refractivity contribution in [2.24, 2.45) is 0 Å². The van der Waals surface area contributed by atoms with Crippen LogP contribution in [0.5, 0.6) is 0 Å². The standard InChI is InChI=1S/C23H21ClN2O2/c24-20-13-11-17(12-14-20)15-25-22(27)23(28)26-16-21(18-7-3-1-4-8-18)19-9-5-2-6-10-19/h1-14,21H,15-16H2,(H,25,27)(H,26,28). The second-order valence-electron chi connectivity index (χ2n) is 6.39. The number of benzene rings is 3. The van der Waals surface area contributed by atoms with E-state index in [1.807, 2.05) is 60.7 Å². The van der Waals surface area contributed by atoms with E-state index in [1.54, 1.807) is 24.3 Å². The van der Waals surface area contributed by atoms with Gasteiger partial charge in [-0.25, -0.2) is 0 Å². The number of hydrogen-bond acceptors (Lipinski definition) is 2. The third-order valence-corrected chi connectivity index (χ3v) is 4.70. The zero-order valence-corrected chi connectivity index (χ0v) is 16.0. The van der Waals surface area contributed by atoms with E-state index in [-0.39, 0.29) is 12.5 Å². The molecule has 0 aromatic heterocycles. The predicted molar refractivity (Wildman–Crippen MR) is 111 cm³/mol. The van der Waals surface area contributed by atoms with Gasteiger partial charge in [0.2, 0.25) is 0 Å². The first-order chi connectivity index (χ1) is 13.6. The van der Waals surface area contributed by atoms with E-state index in [9.17, 15) is 9.59 Å². The van der Waals surface area contributed by atoms with Gasteiger partial charge < -0.3 is 10.6 Å². The smallest absolute Gasteiger partial charge is 0.309 e. The number of carbonyl (C=O) groups is 2. The molecule has 0 saturated heterocycles. The van der Waals surface area contributed by atoms with Crippen LogP contribution in [0.1, 0.15) is 22.6 Å². The summed E-state index contributed by atoms with van der Waals surface area (Å²) >= 11 is 5.85. The van der Waals surface area contributed by atoms with E-state index < -0.39 is 11.8 Å². The molecule has 0 bridgehead atoms. The summed E-state index contributed by atoms with van der Waals surface area (Å²) in [7, 11) is 0. The van der Waals surface area contributed by atoms with Crippen molar-refractivity contribution in [3.8, 4) is 0 Å². The minimum absolute atomic E-state index is 0.0320. The molecular weight excluding hydrogens is 372 g/mol. The molecule has 5 heteroatoms. The maximum absolute atomic E-state index is 12.2. The lowest BCUT2D eigenvalue weighted by Crippen LogP contribution is -2.41. The lowest BCUT2D eigenvalue weighted by atomic mass is 9.91. The molecule has 0 saturated carbocycles. The van der Waals surface area contributed by atoms with Gasteiger partial charge in [-0.05, 0) is 28.8 Å². The lowest BCUT2D eigenvalue weighted by molar-refractivity contribution is -0.139. The topological polar surface area (TPSA) is 58.2 Å².